The normalized spacial score (nSPS) is 20.2. The van der Waals surface area contributed by atoms with E-state index in [9.17, 15) is 4.79 Å². The van der Waals surface area contributed by atoms with Crippen LogP contribution in [-0.2, 0) is 6.42 Å². The molecular weight excluding hydrogens is 228 g/mol. The quantitative estimate of drug-likeness (QED) is 0.829. The number of hydrogen-bond acceptors (Lipinski definition) is 4. The van der Waals surface area contributed by atoms with E-state index in [0.29, 0.717) is 11.6 Å². The average Bonchev–Trinajstić information content (AvgIpc) is 2.67. The fourth-order valence-corrected chi connectivity index (χ4v) is 2.35. The first-order valence-corrected chi connectivity index (χ1v) is 6.53. The number of carbonyl (C=O) groups is 1. The minimum atomic E-state index is -0.152. The summed E-state index contributed by atoms with van der Waals surface area (Å²) in [5, 5.41) is 5.99. The molecule has 0 aromatic carbocycles. The fourth-order valence-electron chi connectivity index (χ4n) is 2.35. The molecule has 1 aliphatic rings. The van der Waals surface area contributed by atoms with Gasteiger partial charge in [-0.2, -0.15) is 0 Å². The zero-order valence-corrected chi connectivity index (χ0v) is 10.8. The van der Waals surface area contributed by atoms with Crippen molar-refractivity contribution in [1.82, 2.24) is 20.6 Å². The van der Waals surface area contributed by atoms with Crippen LogP contribution < -0.4 is 10.6 Å². The molecule has 0 radical (unpaired) electrons. The van der Waals surface area contributed by atoms with E-state index in [1.807, 2.05) is 0 Å². The Kier molecular flexibility index (Phi) is 4.64. The number of aromatic nitrogens is 2. The Bertz CT molecular complexity index is 400. The van der Waals surface area contributed by atoms with E-state index in [2.05, 4.69) is 20.6 Å². The van der Waals surface area contributed by atoms with Crippen LogP contribution in [0.1, 0.15) is 35.4 Å². The Morgan fingerprint density at radius 3 is 3.17 bits per heavy atom. The van der Waals surface area contributed by atoms with Crippen molar-refractivity contribution in [3.05, 3.63) is 23.8 Å². The van der Waals surface area contributed by atoms with Crippen LogP contribution in [0.2, 0.25) is 0 Å². The lowest BCUT2D eigenvalue weighted by molar-refractivity contribution is 0.0958. The smallest absolute Gasteiger partial charge is 0.269 e. The van der Waals surface area contributed by atoms with Gasteiger partial charge in [0.25, 0.3) is 5.91 Å². The molecule has 0 aliphatic carbocycles. The third kappa shape index (κ3) is 3.50. The van der Waals surface area contributed by atoms with Crippen LogP contribution in [0, 0.1) is 5.92 Å². The Balaban J connectivity index is 2.01. The van der Waals surface area contributed by atoms with Gasteiger partial charge in [-0.25, -0.2) is 9.97 Å². The average molecular weight is 248 g/mol. The maximum Gasteiger partial charge on any atom is 0.269 e. The van der Waals surface area contributed by atoms with Crippen molar-refractivity contribution >= 4 is 5.91 Å². The predicted octanol–water partition coefficient (Wildman–Crippen LogP) is 0.768. The van der Waals surface area contributed by atoms with Crippen LogP contribution in [0.4, 0.5) is 0 Å². The topological polar surface area (TPSA) is 66.9 Å². The molecule has 5 heteroatoms. The van der Waals surface area contributed by atoms with Gasteiger partial charge in [0.2, 0.25) is 0 Å². The van der Waals surface area contributed by atoms with Crippen LogP contribution in [0.15, 0.2) is 12.4 Å². The standard InChI is InChI=1S/C13H20N4O/c1-14-13(18)12-8-11(16-9-17-12)7-10-3-2-5-15-6-4-10/h8-10,15H,2-7H2,1H3,(H,14,18)/t10-/m0/s1. The van der Waals surface area contributed by atoms with E-state index in [4.69, 9.17) is 0 Å². The summed E-state index contributed by atoms with van der Waals surface area (Å²) in [5.41, 5.74) is 1.42. The molecule has 1 fully saturated rings. The Morgan fingerprint density at radius 2 is 2.33 bits per heavy atom. The zero-order valence-electron chi connectivity index (χ0n) is 10.8. The molecule has 0 spiro atoms. The summed E-state index contributed by atoms with van der Waals surface area (Å²) in [5.74, 6) is 0.508. The van der Waals surface area contributed by atoms with Gasteiger partial charge in [0.1, 0.15) is 12.0 Å². The Morgan fingerprint density at radius 1 is 1.44 bits per heavy atom. The minimum Gasteiger partial charge on any atom is -0.354 e. The van der Waals surface area contributed by atoms with E-state index >= 15 is 0 Å². The highest BCUT2D eigenvalue weighted by atomic mass is 16.1. The number of carbonyl (C=O) groups excluding carboxylic acids is 1. The highest BCUT2D eigenvalue weighted by Crippen LogP contribution is 2.18. The number of nitrogens with one attached hydrogen (secondary N) is 2. The predicted molar refractivity (Wildman–Crippen MR) is 69.3 cm³/mol. The molecule has 2 heterocycles. The summed E-state index contributed by atoms with van der Waals surface area (Å²) in [6, 6.07) is 1.80. The lowest BCUT2D eigenvalue weighted by atomic mass is 9.95. The van der Waals surface area contributed by atoms with E-state index < -0.39 is 0 Å². The summed E-state index contributed by atoms with van der Waals surface area (Å²) < 4.78 is 0. The molecule has 5 nitrogen and oxygen atoms in total. The fraction of sp³-hybridized carbons (Fsp3) is 0.615. The van der Waals surface area contributed by atoms with E-state index in [0.717, 1.165) is 25.2 Å². The third-order valence-corrected chi connectivity index (χ3v) is 3.38. The van der Waals surface area contributed by atoms with Crippen LogP contribution in [0.3, 0.4) is 0 Å². The number of amides is 1. The summed E-state index contributed by atoms with van der Waals surface area (Å²) >= 11 is 0. The van der Waals surface area contributed by atoms with Gasteiger partial charge in [0.05, 0.1) is 0 Å². The van der Waals surface area contributed by atoms with Gasteiger partial charge in [-0.15, -0.1) is 0 Å². The Labute approximate surface area is 107 Å². The maximum absolute atomic E-state index is 11.5. The molecule has 1 aromatic rings. The van der Waals surface area contributed by atoms with Gasteiger partial charge < -0.3 is 10.6 Å². The van der Waals surface area contributed by atoms with Crippen LogP contribution in [0.5, 0.6) is 0 Å². The highest BCUT2D eigenvalue weighted by Gasteiger charge is 2.14. The molecule has 0 bridgehead atoms. The van der Waals surface area contributed by atoms with Crippen molar-refractivity contribution in [2.24, 2.45) is 5.92 Å². The second kappa shape index (κ2) is 6.44. The van der Waals surface area contributed by atoms with Crippen LogP contribution in [-0.4, -0.2) is 36.0 Å². The van der Waals surface area contributed by atoms with Crippen molar-refractivity contribution in [3.8, 4) is 0 Å². The van der Waals surface area contributed by atoms with Gasteiger partial charge in [-0.3, -0.25) is 4.79 Å². The van der Waals surface area contributed by atoms with E-state index in [-0.39, 0.29) is 5.91 Å². The number of nitrogens with zero attached hydrogens (tertiary/aromatic N) is 2. The molecule has 1 amide bonds. The molecule has 1 atom stereocenters. The monoisotopic (exact) mass is 248 g/mol. The first-order valence-electron chi connectivity index (χ1n) is 6.53. The minimum absolute atomic E-state index is 0.152. The van der Waals surface area contributed by atoms with Crippen molar-refractivity contribution in [2.75, 3.05) is 20.1 Å². The third-order valence-electron chi connectivity index (χ3n) is 3.38. The lowest BCUT2D eigenvalue weighted by Crippen LogP contribution is -2.20. The second-order valence-electron chi connectivity index (χ2n) is 4.72. The molecule has 1 aromatic heterocycles. The van der Waals surface area contributed by atoms with E-state index in [1.54, 1.807) is 13.1 Å². The molecule has 18 heavy (non-hydrogen) atoms. The molecule has 0 unspecified atom stereocenters. The van der Waals surface area contributed by atoms with Gasteiger partial charge in [0, 0.05) is 12.7 Å². The lowest BCUT2D eigenvalue weighted by Gasteiger charge is -2.12. The molecule has 1 saturated heterocycles. The van der Waals surface area contributed by atoms with Crippen molar-refractivity contribution < 1.29 is 4.79 Å². The maximum atomic E-state index is 11.5. The first kappa shape index (κ1) is 13.0. The van der Waals surface area contributed by atoms with Gasteiger partial charge in [-0.1, -0.05) is 0 Å². The van der Waals surface area contributed by atoms with Gasteiger partial charge in [-0.05, 0) is 50.8 Å². The largest absolute Gasteiger partial charge is 0.354 e. The van der Waals surface area contributed by atoms with Gasteiger partial charge >= 0.3 is 0 Å². The Hall–Kier alpha value is -1.49. The van der Waals surface area contributed by atoms with Gasteiger partial charge in [0.15, 0.2) is 0 Å². The van der Waals surface area contributed by atoms with Crippen LogP contribution in [0.25, 0.3) is 0 Å². The van der Waals surface area contributed by atoms with Crippen molar-refractivity contribution in [1.29, 1.82) is 0 Å². The SMILES string of the molecule is CNC(=O)c1cc(C[C@H]2CCCNCC2)ncn1. The molecule has 0 saturated carbocycles. The first-order chi connectivity index (χ1) is 8.79. The molecule has 98 valence electrons. The summed E-state index contributed by atoms with van der Waals surface area (Å²) in [7, 11) is 1.61. The van der Waals surface area contributed by atoms with Crippen molar-refractivity contribution in [2.45, 2.75) is 25.7 Å². The highest BCUT2D eigenvalue weighted by molar-refractivity contribution is 5.91. The summed E-state index contributed by atoms with van der Waals surface area (Å²) in [6.45, 7) is 2.20. The van der Waals surface area contributed by atoms with Crippen LogP contribution >= 0.6 is 0 Å². The number of hydrogen-bond donors (Lipinski definition) is 2. The summed E-state index contributed by atoms with van der Waals surface area (Å²) in [4.78, 5) is 19.8. The molecule has 2 rings (SSSR count). The number of rotatable bonds is 3. The molecular formula is C13H20N4O. The second-order valence-corrected chi connectivity index (χ2v) is 4.72. The molecule has 2 N–H and O–H groups in total. The molecule has 1 aliphatic heterocycles. The van der Waals surface area contributed by atoms with E-state index in [1.165, 1.54) is 25.6 Å². The summed E-state index contributed by atoms with van der Waals surface area (Å²) in [6.07, 6.45) is 6.05. The van der Waals surface area contributed by atoms with Crippen molar-refractivity contribution in [3.63, 3.8) is 0 Å². The zero-order chi connectivity index (χ0) is 12.8.